The number of nitrogens with zero attached hydrogens (tertiary/aromatic N) is 1. The monoisotopic (exact) mass is 368 g/mol. The third-order valence-electron chi connectivity index (χ3n) is 6.44. The predicted molar refractivity (Wildman–Crippen MR) is 113 cm³/mol. The van der Waals surface area contributed by atoms with Gasteiger partial charge in [0.2, 0.25) is 0 Å². The number of nitrogen functional groups attached to an aromatic ring is 1. The van der Waals surface area contributed by atoms with Crippen molar-refractivity contribution in [3.8, 4) is 12.0 Å². The summed E-state index contributed by atoms with van der Waals surface area (Å²) in [6.07, 6.45) is 19.5. The van der Waals surface area contributed by atoms with Gasteiger partial charge in [0, 0.05) is 16.8 Å². The van der Waals surface area contributed by atoms with Gasteiger partial charge in [-0.2, -0.15) is 0 Å². The number of nitriles is 1. The number of anilines is 1. The molecule has 28 heavy (non-hydrogen) atoms. The average Bonchev–Trinajstić information content (AvgIpc) is 3.48. The highest BCUT2D eigenvalue weighted by Crippen LogP contribution is 2.39. The molecule has 2 N–H and O–H groups in total. The number of ether oxygens (including phenoxy) is 1. The van der Waals surface area contributed by atoms with Gasteiger partial charge in [-0.3, -0.25) is 0 Å². The van der Waals surface area contributed by atoms with Crippen LogP contribution in [0.15, 0.2) is 24.3 Å². The third kappa shape index (κ3) is 2.72. The van der Waals surface area contributed by atoms with Crippen LogP contribution in [0.4, 0.5) is 5.69 Å². The Hall–Kier alpha value is -2.99. The second kappa shape index (κ2) is 6.87. The standard InChI is InChI=1S/C13H11NO.C12H13N/c14-8-15-13-11-5-1-3-9(11)7-10-4-2-6-12(10)13;13-12-10-5-1-3-8(10)7-9-4-2-6-11(9)12/h1,5,7H,2-4,6H2;1,5,7H,2-4,6,13H2. The van der Waals surface area contributed by atoms with Gasteiger partial charge >= 0.3 is 0 Å². The van der Waals surface area contributed by atoms with Crippen molar-refractivity contribution in [2.45, 2.75) is 51.4 Å². The van der Waals surface area contributed by atoms with E-state index in [4.69, 9.17) is 15.7 Å². The first-order valence-corrected chi connectivity index (χ1v) is 10.3. The topological polar surface area (TPSA) is 59.0 Å². The molecular formula is C25H24N2O. The lowest BCUT2D eigenvalue weighted by Crippen LogP contribution is -1.98. The number of fused-ring (bicyclic) bond motifs is 4. The fourth-order valence-corrected chi connectivity index (χ4v) is 5.13. The molecule has 0 heterocycles. The van der Waals surface area contributed by atoms with Gasteiger partial charge < -0.3 is 10.5 Å². The molecule has 4 aliphatic rings. The maximum atomic E-state index is 8.69. The van der Waals surface area contributed by atoms with Gasteiger partial charge in [-0.1, -0.05) is 36.4 Å². The van der Waals surface area contributed by atoms with Gasteiger partial charge in [0.15, 0.2) is 5.75 Å². The summed E-state index contributed by atoms with van der Waals surface area (Å²) in [5.74, 6) is 0.816. The van der Waals surface area contributed by atoms with Gasteiger partial charge in [-0.25, -0.2) is 0 Å². The van der Waals surface area contributed by atoms with Crippen molar-refractivity contribution in [3.05, 3.63) is 68.8 Å². The van der Waals surface area contributed by atoms with Crippen LogP contribution in [0.25, 0.3) is 12.2 Å². The molecule has 6 rings (SSSR count). The average molecular weight is 368 g/mol. The molecule has 2 aromatic carbocycles. The van der Waals surface area contributed by atoms with Crippen molar-refractivity contribution >= 4 is 17.8 Å². The molecule has 0 saturated heterocycles. The highest BCUT2D eigenvalue weighted by atomic mass is 16.5. The Morgan fingerprint density at radius 3 is 2.11 bits per heavy atom. The molecule has 2 aromatic rings. The lowest BCUT2D eigenvalue weighted by molar-refractivity contribution is 0.499. The summed E-state index contributed by atoms with van der Waals surface area (Å²) in [5, 5.41) is 8.69. The first-order chi connectivity index (χ1) is 13.8. The normalized spacial score (nSPS) is 16.7. The molecule has 0 fully saturated rings. The molecule has 0 saturated carbocycles. The smallest absolute Gasteiger partial charge is 0.292 e. The first kappa shape index (κ1) is 17.1. The van der Waals surface area contributed by atoms with Crippen LogP contribution in [0, 0.1) is 11.5 Å². The molecule has 0 spiro atoms. The van der Waals surface area contributed by atoms with Crippen molar-refractivity contribution in [2.24, 2.45) is 0 Å². The highest BCUT2D eigenvalue weighted by molar-refractivity contribution is 5.76. The Kier molecular flexibility index (Phi) is 4.20. The van der Waals surface area contributed by atoms with E-state index in [2.05, 4.69) is 36.4 Å². The van der Waals surface area contributed by atoms with Crippen LogP contribution in [0.3, 0.4) is 0 Å². The quantitative estimate of drug-likeness (QED) is 0.573. The van der Waals surface area contributed by atoms with Crippen molar-refractivity contribution in [1.29, 1.82) is 5.26 Å². The minimum Gasteiger partial charge on any atom is -0.398 e. The van der Waals surface area contributed by atoms with E-state index in [-0.39, 0.29) is 0 Å². The largest absolute Gasteiger partial charge is 0.398 e. The van der Waals surface area contributed by atoms with Crippen molar-refractivity contribution in [3.63, 3.8) is 0 Å². The fraction of sp³-hybridized carbons (Fsp3) is 0.320. The number of hydrogen-bond donors (Lipinski definition) is 1. The predicted octanol–water partition coefficient (Wildman–Crippen LogP) is 4.93. The van der Waals surface area contributed by atoms with Gasteiger partial charge in [-0.05, 0) is 84.7 Å². The van der Waals surface area contributed by atoms with Crippen LogP contribution in [-0.4, -0.2) is 0 Å². The highest BCUT2D eigenvalue weighted by Gasteiger charge is 2.23. The zero-order valence-corrected chi connectivity index (χ0v) is 16.1. The van der Waals surface area contributed by atoms with Crippen molar-refractivity contribution in [1.82, 2.24) is 0 Å². The first-order valence-electron chi connectivity index (χ1n) is 10.3. The van der Waals surface area contributed by atoms with Crippen LogP contribution in [0.1, 0.15) is 57.3 Å². The molecule has 0 atom stereocenters. The molecule has 0 bridgehead atoms. The molecule has 0 radical (unpaired) electrons. The van der Waals surface area contributed by atoms with Crippen molar-refractivity contribution in [2.75, 3.05) is 5.73 Å². The van der Waals surface area contributed by atoms with E-state index in [1.54, 1.807) is 0 Å². The maximum Gasteiger partial charge on any atom is 0.292 e. The molecular weight excluding hydrogens is 344 g/mol. The number of aryl methyl sites for hydroxylation is 2. The maximum absolute atomic E-state index is 8.69. The zero-order valence-electron chi connectivity index (χ0n) is 16.1. The summed E-state index contributed by atoms with van der Waals surface area (Å²) in [5.41, 5.74) is 17.9. The van der Waals surface area contributed by atoms with Crippen LogP contribution in [-0.2, 0) is 38.5 Å². The summed E-state index contributed by atoms with van der Waals surface area (Å²) < 4.78 is 5.15. The van der Waals surface area contributed by atoms with Crippen LogP contribution >= 0.6 is 0 Å². The molecule has 3 heteroatoms. The number of benzene rings is 2. The molecule has 0 unspecified atom stereocenters. The van der Waals surface area contributed by atoms with E-state index in [9.17, 15) is 0 Å². The Morgan fingerprint density at radius 1 is 0.786 bits per heavy atom. The lowest BCUT2D eigenvalue weighted by atomic mass is 9.99. The van der Waals surface area contributed by atoms with Gasteiger partial charge in [0.25, 0.3) is 6.26 Å². The number of rotatable bonds is 1. The molecule has 0 aromatic heterocycles. The minimum absolute atomic E-state index is 0.816. The summed E-state index contributed by atoms with van der Waals surface area (Å²) in [7, 11) is 0. The molecule has 140 valence electrons. The van der Waals surface area contributed by atoms with Gasteiger partial charge in [0.05, 0.1) is 0 Å². The Labute approximate surface area is 166 Å². The van der Waals surface area contributed by atoms with E-state index in [0.29, 0.717) is 0 Å². The van der Waals surface area contributed by atoms with E-state index in [1.165, 1.54) is 64.6 Å². The van der Waals surface area contributed by atoms with Crippen LogP contribution < -0.4 is 10.5 Å². The SMILES string of the molecule is N#COc1c2c(cc3c1CCC3)CC=C2.Nc1c2c(cc3c1CCC3)CC=C2. The Morgan fingerprint density at radius 2 is 1.39 bits per heavy atom. The second-order valence-corrected chi connectivity index (χ2v) is 8.03. The minimum atomic E-state index is 0.816. The summed E-state index contributed by atoms with van der Waals surface area (Å²) >= 11 is 0. The number of allylic oxidation sites excluding steroid dienone is 2. The lowest BCUT2D eigenvalue weighted by Gasteiger charge is -2.10. The summed E-state index contributed by atoms with van der Waals surface area (Å²) in [6, 6.07) is 4.63. The van der Waals surface area contributed by atoms with Crippen LogP contribution in [0.5, 0.6) is 5.75 Å². The van der Waals surface area contributed by atoms with E-state index in [0.717, 1.165) is 42.7 Å². The Balaban J connectivity index is 0.000000123. The summed E-state index contributed by atoms with van der Waals surface area (Å²) in [4.78, 5) is 0. The molecule has 4 aliphatic carbocycles. The van der Waals surface area contributed by atoms with Crippen molar-refractivity contribution < 1.29 is 4.74 Å². The van der Waals surface area contributed by atoms with E-state index in [1.807, 2.05) is 6.26 Å². The van der Waals surface area contributed by atoms with Crippen LogP contribution in [0.2, 0.25) is 0 Å². The Bertz CT molecular complexity index is 1070. The molecule has 0 aliphatic heterocycles. The van der Waals surface area contributed by atoms with E-state index < -0.39 is 0 Å². The summed E-state index contributed by atoms with van der Waals surface area (Å²) in [6.45, 7) is 0. The van der Waals surface area contributed by atoms with E-state index >= 15 is 0 Å². The van der Waals surface area contributed by atoms with Gasteiger partial charge in [0.1, 0.15) is 0 Å². The third-order valence-corrected chi connectivity index (χ3v) is 6.44. The zero-order chi connectivity index (χ0) is 19.1. The number of nitrogens with two attached hydrogens (primary N) is 1. The molecule has 3 nitrogen and oxygen atoms in total. The fourth-order valence-electron chi connectivity index (χ4n) is 5.13. The second-order valence-electron chi connectivity index (χ2n) is 8.03. The number of hydrogen-bond acceptors (Lipinski definition) is 3. The molecule has 0 amide bonds. The van der Waals surface area contributed by atoms with Gasteiger partial charge in [-0.15, -0.1) is 5.26 Å².